The second-order valence-corrected chi connectivity index (χ2v) is 8.46. The number of sulfonamides is 1. The lowest BCUT2D eigenvalue weighted by atomic mass is 10.2. The van der Waals surface area contributed by atoms with E-state index in [1.54, 1.807) is 12.1 Å². The Labute approximate surface area is 167 Å². The molecule has 1 aliphatic rings. The second-order valence-electron chi connectivity index (χ2n) is 6.45. The number of nitrogens with one attached hydrogen (secondary N) is 2. The van der Waals surface area contributed by atoms with Crippen LogP contribution < -0.4 is 19.9 Å². The van der Waals surface area contributed by atoms with Gasteiger partial charge in [-0.1, -0.05) is 0 Å². The van der Waals surface area contributed by atoms with Crippen molar-refractivity contribution in [1.82, 2.24) is 10.9 Å². The lowest BCUT2D eigenvalue weighted by Gasteiger charge is -2.17. The topological polar surface area (TPSA) is 105 Å². The Morgan fingerprint density at radius 3 is 2.31 bits per heavy atom. The van der Waals surface area contributed by atoms with Crippen molar-refractivity contribution in [2.24, 2.45) is 0 Å². The predicted octanol–water partition coefficient (Wildman–Crippen LogP) is 1.59. The quantitative estimate of drug-likeness (QED) is 0.714. The standard InChI is InChI=1S/C19H20FN3O5S/c1-13(28-17-9-5-15(20)6-10-17)18(24)21-22-19(25)14-3-7-16(8-4-14)23-11-2-12-29(23,26)27/h3-10,13H,2,11-12H2,1H3,(H,21,24)(H,22,25). The molecular weight excluding hydrogens is 401 g/mol. The minimum absolute atomic E-state index is 0.111. The molecule has 29 heavy (non-hydrogen) atoms. The van der Waals surface area contributed by atoms with Gasteiger partial charge in [0, 0.05) is 12.1 Å². The molecule has 1 atom stereocenters. The van der Waals surface area contributed by atoms with Crippen molar-refractivity contribution in [3.63, 3.8) is 0 Å². The molecule has 2 aromatic rings. The van der Waals surface area contributed by atoms with Crippen LogP contribution in [0.5, 0.6) is 5.75 Å². The summed E-state index contributed by atoms with van der Waals surface area (Å²) in [6, 6.07) is 11.2. The molecule has 0 bridgehead atoms. The first-order valence-corrected chi connectivity index (χ1v) is 10.5. The fraction of sp³-hybridized carbons (Fsp3) is 0.263. The number of carbonyl (C=O) groups is 2. The summed E-state index contributed by atoms with van der Waals surface area (Å²) in [6.45, 7) is 1.89. The molecule has 2 aromatic carbocycles. The summed E-state index contributed by atoms with van der Waals surface area (Å²) in [4.78, 5) is 24.2. The maximum atomic E-state index is 12.9. The Balaban J connectivity index is 1.53. The molecule has 2 N–H and O–H groups in total. The fourth-order valence-electron chi connectivity index (χ4n) is 2.77. The molecule has 0 spiro atoms. The number of ether oxygens (including phenoxy) is 1. The van der Waals surface area contributed by atoms with Crippen molar-refractivity contribution in [2.45, 2.75) is 19.4 Å². The van der Waals surface area contributed by atoms with Crippen LogP contribution in [0, 0.1) is 5.82 Å². The number of hydrogen-bond acceptors (Lipinski definition) is 5. The van der Waals surface area contributed by atoms with Crippen molar-refractivity contribution >= 4 is 27.5 Å². The van der Waals surface area contributed by atoms with Crippen molar-refractivity contribution in [2.75, 3.05) is 16.6 Å². The normalized spacial score (nSPS) is 16.1. The molecule has 0 saturated carbocycles. The molecule has 1 saturated heterocycles. The number of nitrogens with zero attached hydrogens (tertiary/aromatic N) is 1. The van der Waals surface area contributed by atoms with Gasteiger partial charge in [-0.15, -0.1) is 0 Å². The summed E-state index contributed by atoms with van der Waals surface area (Å²) in [5, 5.41) is 0. The highest BCUT2D eigenvalue weighted by molar-refractivity contribution is 7.93. The van der Waals surface area contributed by atoms with E-state index in [2.05, 4.69) is 10.9 Å². The third kappa shape index (κ3) is 5.02. The van der Waals surface area contributed by atoms with E-state index in [0.717, 1.165) is 0 Å². The van der Waals surface area contributed by atoms with Crippen LogP contribution in [0.1, 0.15) is 23.7 Å². The minimum atomic E-state index is -3.29. The average Bonchev–Trinajstić information content (AvgIpc) is 3.06. The van der Waals surface area contributed by atoms with E-state index in [4.69, 9.17) is 4.74 Å². The van der Waals surface area contributed by atoms with Crippen molar-refractivity contribution < 1.29 is 27.1 Å². The third-order valence-corrected chi connectivity index (χ3v) is 6.18. The zero-order valence-electron chi connectivity index (χ0n) is 15.6. The van der Waals surface area contributed by atoms with Gasteiger partial charge in [0.2, 0.25) is 10.0 Å². The highest BCUT2D eigenvalue weighted by atomic mass is 32.2. The van der Waals surface area contributed by atoms with Crippen molar-refractivity contribution in [3.05, 3.63) is 59.9 Å². The van der Waals surface area contributed by atoms with Crippen LogP contribution in [0.15, 0.2) is 48.5 Å². The van der Waals surface area contributed by atoms with Gasteiger partial charge in [0.05, 0.1) is 11.4 Å². The largest absolute Gasteiger partial charge is 0.481 e. The Hall–Kier alpha value is -3.14. The van der Waals surface area contributed by atoms with Gasteiger partial charge >= 0.3 is 0 Å². The summed E-state index contributed by atoms with van der Waals surface area (Å²) in [6.07, 6.45) is -0.363. The van der Waals surface area contributed by atoms with Gasteiger partial charge in [-0.2, -0.15) is 0 Å². The number of benzene rings is 2. The summed E-state index contributed by atoms with van der Waals surface area (Å²) >= 11 is 0. The highest BCUT2D eigenvalue weighted by Crippen LogP contribution is 2.24. The first-order chi connectivity index (χ1) is 13.8. The van der Waals surface area contributed by atoms with E-state index in [-0.39, 0.29) is 11.3 Å². The average molecular weight is 421 g/mol. The van der Waals surface area contributed by atoms with Gasteiger partial charge in [0.1, 0.15) is 11.6 Å². The van der Waals surface area contributed by atoms with Crippen molar-refractivity contribution in [1.29, 1.82) is 0 Å². The van der Waals surface area contributed by atoms with E-state index in [1.807, 2.05) is 0 Å². The van der Waals surface area contributed by atoms with Gasteiger partial charge in [-0.25, -0.2) is 12.8 Å². The van der Waals surface area contributed by atoms with Crippen LogP contribution in [-0.4, -0.2) is 38.6 Å². The van der Waals surface area contributed by atoms with E-state index in [9.17, 15) is 22.4 Å². The van der Waals surface area contributed by atoms with Gasteiger partial charge < -0.3 is 4.74 Å². The van der Waals surface area contributed by atoms with Gasteiger partial charge in [-0.05, 0) is 61.9 Å². The molecule has 0 aliphatic carbocycles. The molecule has 0 radical (unpaired) electrons. The summed E-state index contributed by atoms with van der Waals surface area (Å²) in [5.74, 6) is -1.16. The Morgan fingerprint density at radius 1 is 1.07 bits per heavy atom. The lowest BCUT2D eigenvalue weighted by molar-refractivity contribution is -0.128. The molecule has 1 aliphatic heterocycles. The van der Waals surface area contributed by atoms with Crippen LogP contribution in [0.2, 0.25) is 0 Å². The Kier molecular flexibility index (Phi) is 6.02. The number of amides is 2. The highest BCUT2D eigenvalue weighted by Gasteiger charge is 2.28. The molecule has 154 valence electrons. The number of halogens is 1. The fourth-order valence-corrected chi connectivity index (χ4v) is 4.34. The molecule has 1 heterocycles. The molecule has 8 nitrogen and oxygen atoms in total. The molecule has 3 rings (SSSR count). The number of hydrogen-bond donors (Lipinski definition) is 2. The van der Waals surface area contributed by atoms with Gasteiger partial charge in [-0.3, -0.25) is 24.7 Å². The van der Waals surface area contributed by atoms with E-state index >= 15 is 0 Å². The summed E-state index contributed by atoms with van der Waals surface area (Å²) in [7, 11) is -3.29. The zero-order chi connectivity index (χ0) is 21.0. The van der Waals surface area contributed by atoms with E-state index in [1.165, 1.54) is 47.6 Å². The molecular formula is C19H20FN3O5S. The van der Waals surface area contributed by atoms with Crippen LogP contribution >= 0.6 is 0 Å². The first-order valence-electron chi connectivity index (χ1n) is 8.89. The molecule has 1 fully saturated rings. The van der Waals surface area contributed by atoms with E-state index in [0.29, 0.717) is 24.4 Å². The second kappa shape index (κ2) is 8.48. The van der Waals surface area contributed by atoms with Crippen LogP contribution in [-0.2, 0) is 14.8 Å². The maximum Gasteiger partial charge on any atom is 0.279 e. The van der Waals surface area contributed by atoms with Crippen LogP contribution in [0.25, 0.3) is 0 Å². The SMILES string of the molecule is CC(Oc1ccc(F)cc1)C(=O)NNC(=O)c1ccc(N2CCCS2(=O)=O)cc1. The predicted molar refractivity (Wildman–Crippen MR) is 104 cm³/mol. The van der Waals surface area contributed by atoms with Crippen LogP contribution in [0.3, 0.4) is 0 Å². The summed E-state index contributed by atoms with van der Waals surface area (Å²) < 4.78 is 43.4. The number of carbonyl (C=O) groups excluding carboxylic acids is 2. The van der Waals surface area contributed by atoms with Crippen LogP contribution in [0.4, 0.5) is 10.1 Å². The molecule has 2 amide bonds. The molecule has 0 aromatic heterocycles. The maximum absolute atomic E-state index is 12.9. The van der Waals surface area contributed by atoms with E-state index < -0.39 is 33.8 Å². The third-order valence-electron chi connectivity index (χ3n) is 4.31. The zero-order valence-corrected chi connectivity index (χ0v) is 16.4. The van der Waals surface area contributed by atoms with Gasteiger partial charge in [0.25, 0.3) is 11.8 Å². The number of rotatable bonds is 5. The van der Waals surface area contributed by atoms with Crippen molar-refractivity contribution in [3.8, 4) is 5.75 Å². The lowest BCUT2D eigenvalue weighted by Crippen LogP contribution is -2.47. The monoisotopic (exact) mass is 421 g/mol. The summed E-state index contributed by atoms with van der Waals surface area (Å²) in [5.41, 5.74) is 5.26. The van der Waals surface area contributed by atoms with Gasteiger partial charge in [0.15, 0.2) is 6.10 Å². The first kappa shape index (κ1) is 20.6. The minimum Gasteiger partial charge on any atom is -0.481 e. The smallest absolute Gasteiger partial charge is 0.279 e. The molecule has 1 unspecified atom stereocenters. The number of hydrazine groups is 1. The Morgan fingerprint density at radius 2 is 1.72 bits per heavy atom. The Bertz CT molecular complexity index is 994. The number of anilines is 1. The molecule has 10 heteroatoms.